The van der Waals surface area contributed by atoms with Crippen LogP contribution >= 0.6 is 0 Å². The molecule has 0 aromatic heterocycles. The molecule has 0 aliphatic heterocycles. The third-order valence-corrected chi connectivity index (χ3v) is 3.97. The van der Waals surface area contributed by atoms with Gasteiger partial charge in [-0.15, -0.1) is 0 Å². The molecule has 2 N–H and O–H groups in total. The Labute approximate surface area is 119 Å². The molecule has 0 bridgehead atoms. The molecule has 0 aliphatic carbocycles. The van der Waals surface area contributed by atoms with Crippen LogP contribution in [-0.4, -0.2) is 51.2 Å². The van der Waals surface area contributed by atoms with Gasteiger partial charge in [0.15, 0.2) is 0 Å². The molecule has 1 aromatic carbocycles. The molecular formula is C13H19N3O3S. The third kappa shape index (κ3) is 4.90. The van der Waals surface area contributed by atoms with Gasteiger partial charge in [-0.3, -0.25) is 0 Å². The van der Waals surface area contributed by atoms with Crippen molar-refractivity contribution in [3.63, 3.8) is 0 Å². The van der Waals surface area contributed by atoms with Crippen molar-refractivity contribution >= 4 is 10.0 Å². The fourth-order valence-electron chi connectivity index (χ4n) is 1.80. The lowest BCUT2D eigenvalue weighted by Gasteiger charge is -2.27. The summed E-state index contributed by atoms with van der Waals surface area (Å²) in [7, 11) is -0.159. The lowest BCUT2D eigenvalue weighted by molar-refractivity contribution is 0.0386. The zero-order chi connectivity index (χ0) is 15.4. The van der Waals surface area contributed by atoms with Crippen molar-refractivity contribution in [1.82, 2.24) is 9.62 Å². The molecule has 0 aliphatic rings. The van der Waals surface area contributed by atoms with Gasteiger partial charge in [0.1, 0.15) is 0 Å². The predicted molar refractivity (Wildman–Crippen MR) is 75.5 cm³/mol. The second-order valence-corrected chi connectivity index (χ2v) is 6.97. The highest BCUT2D eigenvalue weighted by Gasteiger charge is 2.25. The zero-order valence-electron chi connectivity index (χ0n) is 11.8. The number of hydrogen-bond donors (Lipinski definition) is 2. The smallest absolute Gasteiger partial charge is 0.240 e. The minimum Gasteiger partial charge on any atom is -0.387 e. The highest BCUT2D eigenvalue weighted by atomic mass is 32.2. The van der Waals surface area contributed by atoms with Gasteiger partial charge in [0, 0.05) is 13.1 Å². The summed E-state index contributed by atoms with van der Waals surface area (Å²) in [5.74, 6) is 0. The highest BCUT2D eigenvalue weighted by Crippen LogP contribution is 2.12. The molecule has 1 aromatic rings. The summed E-state index contributed by atoms with van der Waals surface area (Å²) < 4.78 is 26.5. The number of aliphatic hydroxyl groups is 1. The zero-order valence-corrected chi connectivity index (χ0v) is 12.6. The number of nitriles is 1. The van der Waals surface area contributed by atoms with E-state index < -0.39 is 15.6 Å². The summed E-state index contributed by atoms with van der Waals surface area (Å²) in [5.41, 5.74) is -0.906. The van der Waals surface area contributed by atoms with E-state index in [2.05, 4.69) is 4.72 Å². The van der Waals surface area contributed by atoms with Gasteiger partial charge in [0.05, 0.1) is 22.1 Å². The van der Waals surface area contributed by atoms with Crippen molar-refractivity contribution in [2.24, 2.45) is 0 Å². The van der Waals surface area contributed by atoms with E-state index >= 15 is 0 Å². The summed E-state index contributed by atoms with van der Waals surface area (Å²) in [5, 5.41) is 18.9. The number of benzene rings is 1. The average molecular weight is 297 g/mol. The first-order chi connectivity index (χ1) is 9.16. The first kappa shape index (κ1) is 16.6. The molecule has 6 nitrogen and oxygen atoms in total. The number of nitrogens with zero attached hydrogens (tertiary/aromatic N) is 2. The molecule has 110 valence electrons. The Hall–Kier alpha value is -1.46. The van der Waals surface area contributed by atoms with Crippen molar-refractivity contribution in [3.8, 4) is 6.07 Å². The standard InChI is InChI=1S/C13H19N3O3S/c1-13(17,10-16(2)3)9-15-20(18,19)12-6-4-5-11(7-12)8-14/h4-7,15,17H,9-10H2,1-3H3. The molecule has 1 atom stereocenters. The molecule has 0 amide bonds. The first-order valence-electron chi connectivity index (χ1n) is 6.03. The van der Waals surface area contributed by atoms with E-state index in [1.165, 1.54) is 24.3 Å². The summed E-state index contributed by atoms with van der Waals surface area (Å²) in [6.45, 7) is 1.78. The number of rotatable bonds is 6. The van der Waals surface area contributed by atoms with E-state index in [-0.39, 0.29) is 17.0 Å². The fourth-order valence-corrected chi connectivity index (χ4v) is 3.01. The maximum absolute atomic E-state index is 12.1. The second-order valence-electron chi connectivity index (χ2n) is 5.20. The second kappa shape index (κ2) is 6.33. The number of sulfonamides is 1. The lowest BCUT2D eigenvalue weighted by Crippen LogP contribution is -2.47. The maximum Gasteiger partial charge on any atom is 0.240 e. The monoisotopic (exact) mass is 297 g/mol. The Kier molecular flexibility index (Phi) is 5.25. The van der Waals surface area contributed by atoms with E-state index in [4.69, 9.17) is 5.26 Å². The van der Waals surface area contributed by atoms with E-state index in [0.29, 0.717) is 6.54 Å². The van der Waals surface area contributed by atoms with Crippen LogP contribution in [0.5, 0.6) is 0 Å². The molecule has 0 saturated heterocycles. The summed E-state index contributed by atoms with van der Waals surface area (Å²) in [6, 6.07) is 7.62. The summed E-state index contributed by atoms with van der Waals surface area (Å²) >= 11 is 0. The van der Waals surface area contributed by atoms with Crippen molar-refractivity contribution in [2.45, 2.75) is 17.4 Å². The normalized spacial score (nSPS) is 14.8. The Bertz CT molecular complexity index is 604. The Balaban J connectivity index is 2.83. The average Bonchev–Trinajstić information content (AvgIpc) is 2.35. The highest BCUT2D eigenvalue weighted by molar-refractivity contribution is 7.89. The summed E-state index contributed by atoms with van der Waals surface area (Å²) in [6.07, 6.45) is 0. The first-order valence-corrected chi connectivity index (χ1v) is 7.51. The maximum atomic E-state index is 12.1. The van der Waals surface area contributed by atoms with Crippen LogP contribution in [0.25, 0.3) is 0 Å². The molecule has 0 radical (unpaired) electrons. The van der Waals surface area contributed by atoms with E-state index in [1.54, 1.807) is 25.9 Å². The van der Waals surface area contributed by atoms with E-state index in [1.807, 2.05) is 6.07 Å². The summed E-state index contributed by atoms with van der Waals surface area (Å²) in [4.78, 5) is 1.78. The van der Waals surface area contributed by atoms with Gasteiger partial charge in [-0.1, -0.05) is 6.07 Å². The molecule has 0 spiro atoms. The lowest BCUT2D eigenvalue weighted by atomic mass is 10.1. The van der Waals surface area contributed by atoms with E-state index in [9.17, 15) is 13.5 Å². The van der Waals surface area contributed by atoms with Crippen molar-refractivity contribution in [2.75, 3.05) is 27.2 Å². The van der Waals surface area contributed by atoms with Gasteiger partial charge in [-0.2, -0.15) is 5.26 Å². The molecular weight excluding hydrogens is 278 g/mol. The van der Waals surface area contributed by atoms with Crippen LogP contribution in [0.3, 0.4) is 0 Å². The van der Waals surface area contributed by atoms with Gasteiger partial charge in [-0.25, -0.2) is 13.1 Å². The van der Waals surface area contributed by atoms with Crippen LogP contribution in [0.15, 0.2) is 29.2 Å². The topological polar surface area (TPSA) is 93.4 Å². The van der Waals surface area contributed by atoms with Crippen molar-refractivity contribution in [1.29, 1.82) is 5.26 Å². The van der Waals surface area contributed by atoms with Crippen molar-refractivity contribution in [3.05, 3.63) is 29.8 Å². The Morgan fingerprint density at radius 1 is 1.45 bits per heavy atom. The number of hydrogen-bond acceptors (Lipinski definition) is 5. The Morgan fingerprint density at radius 3 is 2.65 bits per heavy atom. The minimum absolute atomic E-state index is 0.0113. The van der Waals surface area contributed by atoms with Crippen LogP contribution in [0.4, 0.5) is 0 Å². The number of nitrogens with one attached hydrogen (secondary N) is 1. The third-order valence-electron chi connectivity index (χ3n) is 2.57. The van der Waals surface area contributed by atoms with Crippen LogP contribution in [0.2, 0.25) is 0 Å². The van der Waals surface area contributed by atoms with Crippen molar-refractivity contribution < 1.29 is 13.5 Å². The quantitative estimate of drug-likeness (QED) is 0.779. The molecule has 1 unspecified atom stereocenters. The van der Waals surface area contributed by atoms with Crippen LogP contribution in [-0.2, 0) is 10.0 Å². The van der Waals surface area contributed by atoms with Gasteiger partial charge in [-0.05, 0) is 39.2 Å². The molecule has 0 fully saturated rings. The SMILES string of the molecule is CN(C)CC(C)(O)CNS(=O)(=O)c1cccc(C#N)c1. The van der Waals surface area contributed by atoms with Gasteiger partial charge in [0.25, 0.3) is 0 Å². The molecule has 20 heavy (non-hydrogen) atoms. The molecule has 0 saturated carbocycles. The van der Waals surface area contributed by atoms with Gasteiger partial charge < -0.3 is 10.0 Å². The van der Waals surface area contributed by atoms with Crippen LogP contribution in [0.1, 0.15) is 12.5 Å². The molecule has 1 rings (SSSR count). The molecule has 7 heteroatoms. The largest absolute Gasteiger partial charge is 0.387 e. The predicted octanol–water partition coefficient (Wildman–Crippen LogP) is 0.149. The van der Waals surface area contributed by atoms with Gasteiger partial charge >= 0.3 is 0 Å². The number of likely N-dealkylation sites (N-methyl/N-ethyl adjacent to an activating group) is 1. The van der Waals surface area contributed by atoms with Gasteiger partial charge in [0.2, 0.25) is 10.0 Å². The van der Waals surface area contributed by atoms with E-state index in [0.717, 1.165) is 0 Å². The van der Waals surface area contributed by atoms with Crippen LogP contribution in [0, 0.1) is 11.3 Å². The Morgan fingerprint density at radius 2 is 2.10 bits per heavy atom. The van der Waals surface area contributed by atoms with Crippen LogP contribution < -0.4 is 4.72 Å². The molecule has 0 heterocycles. The fraction of sp³-hybridized carbons (Fsp3) is 0.462. The minimum atomic E-state index is -3.74.